The van der Waals surface area contributed by atoms with Crippen molar-refractivity contribution >= 4 is 18.1 Å². The molecule has 8 nitrogen and oxygen atoms in total. The van der Waals surface area contributed by atoms with Crippen LogP contribution in [0.25, 0.3) is 0 Å². The van der Waals surface area contributed by atoms with Crippen LogP contribution in [-0.4, -0.2) is 81.3 Å². The lowest BCUT2D eigenvalue weighted by Crippen LogP contribution is -2.48. The smallest absolute Gasteiger partial charge is 0.224 e. The molecule has 1 saturated heterocycles. The highest BCUT2D eigenvalue weighted by Crippen LogP contribution is 2.20. The molecule has 0 aliphatic carbocycles. The Hall–Kier alpha value is -2.64. The summed E-state index contributed by atoms with van der Waals surface area (Å²) in [6, 6.07) is 2.41. The molecule has 150 valence electrons. The molecule has 4 heterocycles. The number of aliphatic imine (C=N–C) groups is 2. The fraction of sp³-hybridized carbons (Fsp3) is 0.600. The maximum absolute atomic E-state index is 12.6. The number of carbonyl (C=O) groups excluding carboxylic acids is 1. The van der Waals surface area contributed by atoms with Gasteiger partial charge in [0.05, 0.1) is 18.1 Å². The molecule has 3 aliphatic heterocycles. The summed E-state index contributed by atoms with van der Waals surface area (Å²) < 4.78 is 1.92. The standard InChI is InChI=1S/C20H29N7O/c1-4-17-13-26-14-21-18(12-19(26)22-17)24-7-9-25(10-8-24)20(28)5-6-27-16(3)11-15(2)23-27/h11-12,14,17H,4-10,13H2,1-3H3/t17-/m1/s1. The van der Waals surface area contributed by atoms with E-state index in [0.717, 1.165) is 62.2 Å². The normalized spacial score (nSPS) is 21.7. The second-order valence-electron chi connectivity index (χ2n) is 7.72. The molecule has 4 rings (SSSR count). The number of aryl methyl sites for hydroxylation is 3. The van der Waals surface area contributed by atoms with Crippen molar-refractivity contribution in [2.45, 2.75) is 46.2 Å². The zero-order valence-electron chi connectivity index (χ0n) is 17.0. The van der Waals surface area contributed by atoms with Crippen LogP contribution in [0, 0.1) is 13.8 Å². The molecule has 0 aromatic carbocycles. The van der Waals surface area contributed by atoms with Gasteiger partial charge >= 0.3 is 0 Å². The highest BCUT2D eigenvalue weighted by molar-refractivity contribution is 6.03. The average Bonchev–Trinajstić information content (AvgIpc) is 3.27. The van der Waals surface area contributed by atoms with Gasteiger partial charge < -0.3 is 14.7 Å². The van der Waals surface area contributed by atoms with Crippen LogP contribution >= 0.6 is 0 Å². The topological polar surface area (TPSA) is 69.3 Å². The van der Waals surface area contributed by atoms with Gasteiger partial charge in [-0.1, -0.05) is 6.92 Å². The number of amidine groups is 1. The van der Waals surface area contributed by atoms with E-state index in [2.05, 4.69) is 32.9 Å². The number of carbonyl (C=O) groups is 1. The van der Waals surface area contributed by atoms with Crippen molar-refractivity contribution in [2.75, 3.05) is 32.7 Å². The lowest BCUT2D eigenvalue weighted by Gasteiger charge is -2.37. The molecule has 1 fully saturated rings. The van der Waals surface area contributed by atoms with Crippen molar-refractivity contribution in [2.24, 2.45) is 9.98 Å². The Morgan fingerprint density at radius 2 is 2.00 bits per heavy atom. The number of hydrogen-bond acceptors (Lipinski definition) is 6. The molecule has 0 saturated carbocycles. The minimum atomic E-state index is 0.199. The zero-order chi connectivity index (χ0) is 19.7. The molecule has 0 unspecified atom stereocenters. The van der Waals surface area contributed by atoms with Crippen molar-refractivity contribution in [3.63, 3.8) is 0 Å². The number of rotatable bonds is 5. The largest absolute Gasteiger partial charge is 0.353 e. The summed E-state index contributed by atoms with van der Waals surface area (Å²) >= 11 is 0. The fourth-order valence-electron chi connectivity index (χ4n) is 3.97. The van der Waals surface area contributed by atoms with Gasteiger partial charge in [-0.3, -0.25) is 14.5 Å². The summed E-state index contributed by atoms with van der Waals surface area (Å²) in [6.07, 6.45) is 5.52. The van der Waals surface area contributed by atoms with Crippen LogP contribution in [-0.2, 0) is 11.3 Å². The molecular formula is C20H29N7O. The van der Waals surface area contributed by atoms with Gasteiger partial charge in [0.25, 0.3) is 0 Å². The molecule has 0 spiro atoms. The molecule has 1 aromatic heterocycles. The Bertz CT molecular complexity index is 830. The van der Waals surface area contributed by atoms with Crippen molar-refractivity contribution in [3.05, 3.63) is 29.4 Å². The molecule has 0 radical (unpaired) electrons. The van der Waals surface area contributed by atoms with E-state index in [4.69, 9.17) is 4.99 Å². The van der Waals surface area contributed by atoms with Gasteiger partial charge in [-0.25, -0.2) is 4.99 Å². The first-order valence-electron chi connectivity index (χ1n) is 10.2. The predicted molar refractivity (Wildman–Crippen MR) is 109 cm³/mol. The molecule has 0 bridgehead atoms. The van der Waals surface area contributed by atoms with Crippen molar-refractivity contribution in [1.29, 1.82) is 0 Å². The minimum Gasteiger partial charge on any atom is -0.353 e. The molecule has 28 heavy (non-hydrogen) atoms. The fourth-order valence-corrected chi connectivity index (χ4v) is 3.97. The maximum Gasteiger partial charge on any atom is 0.224 e. The van der Waals surface area contributed by atoms with Crippen molar-refractivity contribution in [3.8, 4) is 0 Å². The summed E-state index contributed by atoms with van der Waals surface area (Å²) in [5, 5.41) is 4.44. The average molecular weight is 384 g/mol. The van der Waals surface area contributed by atoms with Crippen LogP contribution in [0.15, 0.2) is 27.9 Å². The first-order chi connectivity index (χ1) is 13.5. The Balaban J connectivity index is 1.29. The van der Waals surface area contributed by atoms with Crippen molar-refractivity contribution in [1.82, 2.24) is 24.5 Å². The van der Waals surface area contributed by atoms with Crippen molar-refractivity contribution < 1.29 is 4.79 Å². The van der Waals surface area contributed by atoms with Gasteiger partial charge in [-0.05, 0) is 26.3 Å². The second kappa shape index (κ2) is 7.77. The second-order valence-corrected chi connectivity index (χ2v) is 7.72. The Morgan fingerprint density at radius 1 is 1.21 bits per heavy atom. The molecule has 0 N–H and O–H groups in total. The zero-order valence-corrected chi connectivity index (χ0v) is 17.0. The third-order valence-corrected chi connectivity index (χ3v) is 5.67. The lowest BCUT2D eigenvalue weighted by atomic mass is 10.2. The van der Waals surface area contributed by atoms with Crippen LogP contribution in [0.4, 0.5) is 0 Å². The van der Waals surface area contributed by atoms with E-state index in [9.17, 15) is 4.79 Å². The number of piperazine rings is 1. The van der Waals surface area contributed by atoms with Gasteiger partial charge in [0.15, 0.2) is 0 Å². The third kappa shape index (κ3) is 3.81. The summed E-state index contributed by atoms with van der Waals surface area (Å²) in [6.45, 7) is 10.8. The van der Waals surface area contributed by atoms with Gasteiger partial charge in [-0.15, -0.1) is 0 Å². The first kappa shape index (κ1) is 18.7. The highest BCUT2D eigenvalue weighted by Gasteiger charge is 2.27. The van der Waals surface area contributed by atoms with Gasteiger partial charge in [0, 0.05) is 57.5 Å². The Kier molecular flexibility index (Phi) is 5.19. The lowest BCUT2D eigenvalue weighted by molar-refractivity contribution is -0.133. The Morgan fingerprint density at radius 3 is 2.68 bits per heavy atom. The van der Waals surface area contributed by atoms with Gasteiger partial charge in [0.1, 0.15) is 11.7 Å². The van der Waals surface area contributed by atoms with Gasteiger partial charge in [0.2, 0.25) is 5.91 Å². The van der Waals surface area contributed by atoms with E-state index in [1.165, 1.54) is 0 Å². The van der Waals surface area contributed by atoms with Gasteiger partial charge in [-0.2, -0.15) is 5.10 Å². The molecule has 3 aliphatic rings. The monoisotopic (exact) mass is 383 g/mol. The van der Waals surface area contributed by atoms with Crippen LogP contribution in [0.3, 0.4) is 0 Å². The molecule has 8 heteroatoms. The molecular weight excluding hydrogens is 354 g/mol. The summed E-state index contributed by atoms with van der Waals surface area (Å²) in [7, 11) is 0. The number of nitrogens with zero attached hydrogens (tertiary/aromatic N) is 7. The summed E-state index contributed by atoms with van der Waals surface area (Å²) in [4.78, 5) is 28.3. The minimum absolute atomic E-state index is 0.199. The van der Waals surface area contributed by atoms with Crippen LogP contribution in [0.1, 0.15) is 31.2 Å². The van der Waals surface area contributed by atoms with Crippen LogP contribution < -0.4 is 0 Å². The molecule has 1 amide bonds. The number of amides is 1. The quantitative estimate of drug-likeness (QED) is 0.771. The van der Waals surface area contributed by atoms with E-state index in [1.807, 2.05) is 35.8 Å². The van der Waals surface area contributed by atoms with E-state index in [1.54, 1.807) is 0 Å². The third-order valence-electron chi connectivity index (χ3n) is 5.67. The molecule has 1 atom stereocenters. The van der Waals surface area contributed by atoms with Crippen LogP contribution in [0.5, 0.6) is 0 Å². The van der Waals surface area contributed by atoms with E-state index in [-0.39, 0.29) is 5.91 Å². The summed E-state index contributed by atoms with van der Waals surface area (Å²) in [5.41, 5.74) is 2.10. The number of aromatic nitrogens is 2. The van der Waals surface area contributed by atoms with E-state index >= 15 is 0 Å². The maximum atomic E-state index is 12.6. The molecule has 1 aromatic rings. The SMILES string of the molecule is CC[C@@H]1CN2C=NC(N3CCN(C(=O)CCn4nc(C)cc4C)CC3)=CC2=N1. The predicted octanol–water partition coefficient (Wildman–Crippen LogP) is 1.41. The number of hydrogen-bond donors (Lipinski definition) is 0. The van der Waals surface area contributed by atoms with E-state index in [0.29, 0.717) is 19.0 Å². The Labute approximate surface area is 166 Å². The highest BCUT2D eigenvalue weighted by atomic mass is 16.2. The summed E-state index contributed by atoms with van der Waals surface area (Å²) in [5.74, 6) is 2.17. The number of fused-ring (bicyclic) bond motifs is 1. The first-order valence-corrected chi connectivity index (χ1v) is 10.2. The van der Waals surface area contributed by atoms with Crippen LogP contribution in [0.2, 0.25) is 0 Å². The van der Waals surface area contributed by atoms with E-state index < -0.39 is 0 Å².